The first kappa shape index (κ1) is 20.2. The molecule has 0 saturated carbocycles. The molecule has 0 aliphatic heterocycles. The van der Waals surface area contributed by atoms with Gasteiger partial charge in [-0.15, -0.1) is 0 Å². The van der Waals surface area contributed by atoms with Gasteiger partial charge in [0.05, 0.1) is 26.4 Å². The van der Waals surface area contributed by atoms with E-state index in [-0.39, 0.29) is 6.10 Å². The molecule has 1 heterocycles. The summed E-state index contributed by atoms with van der Waals surface area (Å²) < 4.78 is 27.1. The van der Waals surface area contributed by atoms with Crippen molar-refractivity contribution < 1.29 is 23.4 Å². The Labute approximate surface area is 158 Å². The molecule has 0 bridgehead atoms. The summed E-state index contributed by atoms with van der Waals surface area (Å²) in [6.45, 7) is 7.74. The quantitative estimate of drug-likeness (QED) is 0.615. The lowest BCUT2D eigenvalue weighted by molar-refractivity contribution is 0.239. The SMILES string of the molecule is C=CCOc1c(OC)cc(C=Cc2cc(OC(C)C)cc(=O)o2)cc1OC. The number of hydrogen-bond acceptors (Lipinski definition) is 6. The molecule has 0 aliphatic rings. The highest BCUT2D eigenvalue weighted by atomic mass is 16.5. The molecule has 6 nitrogen and oxygen atoms in total. The van der Waals surface area contributed by atoms with Crippen LogP contribution in [0.25, 0.3) is 12.2 Å². The van der Waals surface area contributed by atoms with E-state index in [2.05, 4.69) is 6.58 Å². The van der Waals surface area contributed by atoms with Gasteiger partial charge in [0.2, 0.25) is 5.75 Å². The van der Waals surface area contributed by atoms with Crippen molar-refractivity contribution in [2.24, 2.45) is 0 Å². The zero-order valence-electron chi connectivity index (χ0n) is 16.0. The van der Waals surface area contributed by atoms with Crippen molar-refractivity contribution in [3.05, 3.63) is 58.7 Å². The van der Waals surface area contributed by atoms with E-state index in [9.17, 15) is 4.79 Å². The highest BCUT2D eigenvalue weighted by Gasteiger charge is 2.13. The van der Waals surface area contributed by atoms with Crippen molar-refractivity contribution in [2.45, 2.75) is 20.0 Å². The zero-order valence-corrected chi connectivity index (χ0v) is 16.0. The van der Waals surface area contributed by atoms with E-state index in [1.807, 2.05) is 13.8 Å². The molecule has 0 saturated heterocycles. The standard InChI is InChI=1S/C21H24O6/c1-6-9-25-21-18(23-4)10-15(11-19(21)24-5)7-8-16-12-17(26-14(2)3)13-20(22)27-16/h6-8,10-14H,1,9H2,2-5H3. The molecular weight excluding hydrogens is 348 g/mol. The minimum atomic E-state index is -0.476. The molecule has 2 aromatic rings. The van der Waals surface area contributed by atoms with Crippen molar-refractivity contribution in [1.29, 1.82) is 0 Å². The zero-order chi connectivity index (χ0) is 19.8. The third kappa shape index (κ3) is 5.67. The van der Waals surface area contributed by atoms with Crippen LogP contribution in [0.1, 0.15) is 25.2 Å². The van der Waals surface area contributed by atoms with Crippen molar-refractivity contribution >= 4 is 12.2 Å². The van der Waals surface area contributed by atoms with Gasteiger partial charge in [-0.25, -0.2) is 4.79 Å². The Morgan fingerprint density at radius 2 is 1.74 bits per heavy atom. The van der Waals surface area contributed by atoms with Gasteiger partial charge in [-0.1, -0.05) is 18.7 Å². The third-order valence-electron chi connectivity index (χ3n) is 3.40. The summed E-state index contributed by atoms with van der Waals surface area (Å²) in [4.78, 5) is 11.7. The summed E-state index contributed by atoms with van der Waals surface area (Å²) in [7, 11) is 3.10. The summed E-state index contributed by atoms with van der Waals surface area (Å²) >= 11 is 0. The molecule has 144 valence electrons. The Morgan fingerprint density at radius 3 is 2.30 bits per heavy atom. The lowest BCUT2D eigenvalue weighted by Gasteiger charge is -2.14. The fraction of sp³-hybridized carbons (Fsp3) is 0.286. The van der Waals surface area contributed by atoms with Crippen LogP contribution in [0.2, 0.25) is 0 Å². The summed E-state index contributed by atoms with van der Waals surface area (Å²) in [5, 5.41) is 0. The third-order valence-corrected chi connectivity index (χ3v) is 3.40. The molecule has 0 spiro atoms. The van der Waals surface area contributed by atoms with E-state index in [0.717, 1.165) is 5.56 Å². The van der Waals surface area contributed by atoms with Gasteiger partial charge in [0.15, 0.2) is 11.5 Å². The maximum absolute atomic E-state index is 11.7. The van der Waals surface area contributed by atoms with Crippen LogP contribution in [-0.4, -0.2) is 26.9 Å². The average molecular weight is 372 g/mol. The molecule has 1 aromatic carbocycles. The second-order valence-corrected chi connectivity index (χ2v) is 5.87. The topological polar surface area (TPSA) is 67.1 Å². The molecule has 0 radical (unpaired) electrons. The number of rotatable bonds is 9. The van der Waals surface area contributed by atoms with Gasteiger partial charge in [0, 0.05) is 6.07 Å². The van der Waals surface area contributed by atoms with Gasteiger partial charge < -0.3 is 23.4 Å². The molecule has 0 atom stereocenters. The molecule has 0 aliphatic carbocycles. The fourth-order valence-electron chi connectivity index (χ4n) is 2.35. The van der Waals surface area contributed by atoms with Gasteiger partial charge in [0.1, 0.15) is 18.1 Å². The van der Waals surface area contributed by atoms with Crippen molar-refractivity contribution in [3.8, 4) is 23.0 Å². The predicted molar refractivity (Wildman–Crippen MR) is 105 cm³/mol. The Bertz CT molecular complexity index is 838. The van der Waals surface area contributed by atoms with Crippen LogP contribution in [-0.2, 0) is 0 Å². The normalized spacial score (nSPS) is 10.9. The summed E-state index contributed by atoms with van der Waals surface area (Å²) in [6, 6.07) is 6.57. The lowest BCUT2D eigenvalue weighted by atomic mass is 10.1. The number of ether oxygens (including phenoxy) is 4. The van der Waals surface area contributed by atoms with Crippen LogP contribution in [0.5, 0.6) is 23.0 Å². The molecule has 1 aromatic heterocycles. The van der Waals surface area contributed by atoms with Crippen LogP contribution in [0.4, 0.5) is 0 Å². The lowest BCUT2D eigenvalue weighted by Crippen LogP contribution is -2.08. The first-order valence-corrected chi connectivity index (χ1v) is 8.46. The van der Waals surface area contributed by atoms with E-state index >= 15 is 0 Å². The first-order valence-electron chi connectivity index (χ1n) is 8.46. The second kappa shape index (κ2) is 9.52. The number of hydrogen-bond donors (Lipinski definition) is 0. The van der Waals surface area contributed by atoms with E-state index < -0.39 is 5.63 Å². The minimum Gasteiger partial charge on any atom is -0.493 e. The summed E-state index contributed by atoms with van der Waals surface area (Å²) in [5.41, 5.74) is 0.309. The smallest absolute Gasteiger partial charge is 0.339 e. The number of methoxy groups -OCH3 is 2. The summed E-state index contributed by atoms with van der Waals surface area (Å²) in [6.07, 6.45) is 5.05. The van der Waals surface area contributed by atoms with Gasteiger partial charge in [-0.2, -0.15) is 0 Å². The van der Waals surface area contributed by atoms with E-state index in [1.165, 1.54) is 6.07 Å². The molecular formula is C21H24O6. The van der Waals surface area contributed by atoms with Crippen molar-refractivity contribution in [3.63, 3.8) is 0 Å². The average Bonchev–Trinajstić information content (AvgIpc) is 2.63. The van der Waals surface area contributed by atoms with E-state index in [4.69, 9.17) is 23.4 Å². The van der Waals surface area contributed by atoms with E-state index in [0.29, 0.717) is 35.4 Å². The molecule has 0 unspecified atom stereocenters. The maximum Gasteiger partial charge on any atom is 0.339 e. The van der Waals surface area contributed by atoms with Gasteiger partial charge in [-0.3, -0.25) is 0 Å². The molecule has 0 N–H and O–H groups in total. The molecule has 0 amide bonds. The number of benzene rings is 1. The molecule has 2 rings (SSSR count). The Kier molecular flexibility index (Phi) is 7.11. The van der Waals surface area contributed by atoms with Gasteiger partial charge in [-0.05, 0) is 37.6 Å². The second-order valence-electron chi connectivity index (χ2n) is 5.87. The van der Waals surface area contributed by atoms with Crippen LogP contribution in [0, 0.1) is 0 Å². The predicted octanol–water partition coefficient (Wildman–Crippen LogP) is 4.18. The van der Waals surface area contributed by atoms with Crippen LogP contribution >= 0.6 is 0 Å². The van der Waals surface area contributed by atoms with Crippen LogP contribution < -0.4 is 24.6 Å². The molecule has 27 heavy (non-hydrogen) atoms. The van der Waals surface area contributed by atoms with Crippen molar-refractivity contribution in [1.82, 2.24) is 0 Å². The first-order chi connectivity index (χ1) is 13.0. The van der Waals surface area contributed by atoms with Crippen LogP contribution in [0.3, 0.4) is 0 Å². The monoisotopic (exact) mass is 372 g/mol. The largest absolute Gasteiger partial charge is 0.493 e. The van der Waals surface area contributed by atoms with Crippen molar-refractivity contribution in [2.75, 3.05) is 20.8 Å². The highest BCUT2D eigenvalue weighted by molar-refractivity contribution is 5.71. The van der Waals surface area contributed by atoms with Gasteiger partial charge >= 0.3 is 5.63 Å². The van der Waals surface area contributed by atoms with Crippen LogP contribution in [0.15, 0.2) is 46.1 Å². The van der Waals surface area contributed by atoms with Gasteiger partial charge in [0.25, 0.3) is 0 Å². The maximum atomic E-state index is 11.7. The Morgan fingerprint density at radius 1 is 1.07 bits per heavy atom. The Balaban J connectivity index is 2.35. The minimum absolute atomic E-state index is 0.0414. The molecule has 0 fully saturated rings. The fourth-order valence-corrected chi connectivity index (χ4v) is 2.35. The molecule has 6 heteroatoms. The van der Waals surface area contributed by atoms with E-state index in [1.54, 1.807) is 50.6 Å². The highest BCUT2D eigenvalue weighted by Crippen LogP contribution is 2.39. The Hall–Kier alpha value is -3.15. The summed E-state index contributed by atoms with van der Waals surface area (Å²) in [5.74, 6) is 2.38.